The molecule has 0 spiro atoms. The van der Waals surface area contributed by atoms with Crippen molar-refractivity contribution in [2.75, 3.05) is 30.9 Å². The van der Waals surface area contributed by atoms with Crippen molar-refractivity contribution >= 4 is 46.0 Å². The van der Waals surface area contributed by atoms with Gasteiger partial charge >= 0.3 is 0 Å². The maximum Gasteiger partial charge on any atom is 0.237 e. The fraction of sp³-hybridized carbons (Fsp3) is 0.318. The number of fused-ring (bicyclic) bond motifs is 1. The first-order valence-electron chi connectivity index (χ1n) is 9.55. The molecule has 0 saturated carbocycles. The average molecular weight is 443 g/mol. The van der Waals surface area contributed by atoms with E-state index in [9.17, 15) is 4.79 Å². The van der Waals surface area contributed by atoms with E-state index in [0.29, 0.717) is 24.7 Å². The van der Waals surface area contributed by atoms with Gasteiger partial charge in [0.25, 0.3) is 0 Å². The van der Waals surface area contributed by atoms with E-state index in [4.69, 9.17) is 21.6 Å². The van der Waals surface area contributed by atoms with Gasteiger partial charge in [0.15, 0.2) is 5.16 Å². The molecule has 0 radical (unpaired) electrons. The van der Waals surface area contributed by atoms with Crippen molar-refractivity contribution in [3.8, 4) is 6.07 Å². The van der Waals surface area contributed by atoms with Crippen LogP contribution in [0.5, 0.6) is 0 Å². The number of para-hydroxylation sites is 2. The summed E-state index contributed by atoms with van der Waals surface area (Å²) in [5.41, 5.74) is 3.53. The van der Waals surface area contributed by atoms with Crippen LogP contribution in [0, 0.1) is 18.3 Å². The first-order valence-corrected chi connectivity index (χ1v) is 10.9. The predicted molar refractivity (Wildman–Crippen MR) is 121 cm³/mol. The van der Waals surface area contributed by atoms with E-state index in [-0.39, 0.29) is 18.1 Å². The minimum atomic E-state index is -0.0812. The van der Waals surface area contributed by atoms with Crippen molar-refractivity contribution in [3.05, 3.63) is 53.1 Å². The van der Waals surface area contributed by atoms with E-state index in [2.05, 4.69) is 15.6 Å². The quantitative estimate of drug-likeness (QED) is 0.450. The summed E-state index contributed by atoms with van der Waals surface area (Å²) in [6.07, 6.45) is 0.254. The van der Waals surface area contributed by atoms with Gasteiger partial charge in [-0.15, -0.1) is 0 Å². The van der Waals surface area contributed by atoms with Gasteiger partial charge in [0, 0.05) is 30.9 Å². The number of nitriles is 1. The topological polar surface area (TPSA) is 71.2 Å². The maximum atomic E-state index is 13.1. The Morgan fingerprint density at radius 3 is 2.87 bits per heavy atom. The molecule has 0 aliphatic heterocycles. The van der Waals surface area contributed by atoms with E-state index in [0.717, 1.165) is 27.4 Å². The number of methoxy groups -OCH3 is 1. The minimum Gasteiger partial charge on any atom is -0.383 e. The number of aromatic nitrogens is 2. The van der Waals surface area contributed by atoms with Crippen LogP contribution in [0.3, 0.4) is 0 Å². The highest BCUT2D eigenvalue weighted by molar-refractivity contribution is 7.99. The van der Waals surface area contributed by atoms with Crippen molar-refractivity contribution in [1.29, 1.82) is 5.26 Å². The molecule has 0 aliphatic rings. The number of thioether (sulfide) groups is 1. The summed E-state index contributed by atoms with van der Waals surface area (Å²) >= 11 is 7.52. The monoisotopic (exact) mass is 442 g/mol. The molecule has 2 aromatic carbocycles. The number of ether oxygens (including phenoxy) is 1. The SMILES string of the molecule is COCCn1c(SCC(=O)N(CCC#N)c2ccc(Cl)c(C)c2)nc2ccccc21. The first kappa shape index (κ1) is 22.2. The van der Waals surface area contributed by atoms with Gasteiger partial charge in [-0.05, 0) is 42.8 Å². The predicted octanol–water partition coefficient (Wildman–Crippen LogP) is 4.68. The normalized spacial score (nSPS) is 10.9. The van der Waals surface area contributed by atoms with Crippen molar-refractivity contribution in [2.45, 2.75) is 25.0 Å². The number of hydrogen-bond donors (Lipinski definition) is 0. The summed E-state index contributed by atoms with van der Waals surface area (Å²) < 4.78 is 7.30. The molecule has 0 saturated heterocycles. The summed E-state index contributed by atoms with van der Waals surface area (Å²) in [6.45, 7) is 3.44. The van der Waals surface area contributed by atoms with Crippen molar-refractivity contribution in [3.63, 3.8) is 0 Å². The Kier molecular flexibility index (Phi) is 7.75. The van der Waals surface area contributed by atoms with Crippen molar-refractivity contribution in [1.82, 2.24) is 9.55 Å². The van der Waals surface area contributed by atoms with Gasteiger partial charge in [-0.25, -0.2) is 4.98 Å². The van der Waals surface area contributed by atoms with Crippen LogP contribution in [-0.2, 0) is 16.1 Å². The van der Waals surface area contributed by atoms with E-state index in [1.807, 2.05) is 43.3 Å². The van der Waals surface area contributed by atoms with Crippen LogP contribution in [0.4, 0.5) is 5.69 Å². The molecular formula is C22H23ClN4O2S. The second-order valence-electron chi connectivity index (χ2n) is 6.70. The van der Waals surface area contributed by atoms with Crippen LogP contribution >= 0.6 is 23.4 Å². The first-order chi connectivity index (χ1) is 14.5. The number of imidazole rings is 1. The molecule has 1 amide bonds. The second-order valence-corrected chi connectivity index (χ2v) is 8.05. The number of anilines is 1. The largest absolute Gasteiger partial charge is 0.383 e. The van der Waals surface area contributed by atoms with E-state index in [1.54, 1.807) is 18.1 Å². The molecule has 0 atom stereocenters. The van der Waals surface area contributed by atoms with E-state index < -0.39 is 0 Å². The Hall–Kier alpha value is -2.53. The fourth-order valence-corrected chi connectivity index (χ4v) is 4.16. The van der Waals surface area contributed by atoms with Crippen molar-refractivity contribution in [2.24, 2.45) is 0 Å². The number of carbonyl (C=O) groups is 1. The number of hydrogen-bond acceptors (Lipinski definition) is 5. The fourth-order valence-electron chi connectivity index (χ4n) is 3.12. The molecule has 0 N–H and O–H groups in total. The average Bonchev–Trinajstić information content (AvgIpc) is 3.10. The Morgan fingerprint density at radius 1 is 1.33 bits per heavy atom. The van der Waals surface area contributed by atoms with Gasteiger partial charge in [-0.1, -0.05) is 35.5 Å². The van der Waals surface area contributed by atoms with Gasteiger partial charge in [0.1, 0.15) is 0 Å². The lowest BCUT2D eigenvalue weighted by Gasteiger charge is -2.22. The molecule has 0 bridgehead atoms. The number of nitrogens with zero attached hydrogens (tertiary/aromatic N) is 4. The Labute approximate surface area is 185 Å². The molecule has 1 aromatic heterocycles. The third-order valence-corrected chi connectivity index (χ3v) is 6.05. The van der Waals surface area contributed by atoms with E-state index in [1.165, 1.54) is 11.8 Å². The number of rotatable bonds is 9. The minimum absolute atomic E-state index is 0.0812. The van der Waals surface area contributed by atoms with Crippen molar-refractivity contribution < 1.29 is 9.53 Å². The molecule has 0 fully saturated rings. The number of halogens is 1. The molecule has 3 aromatic rings. The van der Waals surface area contributed by atoms with Crippen LogP contribution in [-0.4, -0.2) is 41.5 Å². The zero-order valence-electron chi connectivity index (χ0n) is 17.0. The van der Waals surface area contributed by atoms with Crippen LogP contribution in [0.25, 0.3) is 11.0 Å². The summed E-state index contributed by atoms with van der Waals surface area (Å²) in [5, 5.41) is 10.4. The zero-order valence-corrected chi connectivity index (χ0v) is 18.5. The lowest BCUT2D eigenvalue weighted by molar-refractivity contribution is -0.116. The Bertz CT molecular complexity index is 1080. The maximum absolute atomic E-state index is 13.1. The number of aryl methyl sites for hydroxylation is 1. The lowest BCUT2D eigenvalue weighted by Crippen LogP contribution is -2.33. The molecule has 0 unspecified atom stereocenters. The van der Waals surface area contributed by atoms with Crippen LogP contribution in [0.1, 0.15) is 12.0 Å². The third kappa shape index (κ3) is 5.14. The lowest BCUT2D eigenvalue weighted by atomic mass is 10.2. The molecule has 3 rings (SSSR count). The zero-order chi connectivity index (χ0) is 21.5. The number of amides is 1. The second kappa shape index (κ2) is 10.5. The highest BCUT2D eigenvalue weighted by atomic mass is 35.5. The van der Waals surface area contributed by atoms with Crippen LogP contribution in [0.15, 0.2) is 47.6 Å². The van der Waals surface area contributed by atoms with Crippen LogP contribution < -0.4 is 4.90 Å². The Morgan fingerprint density at radius 2 is 2.13 bits per heavy atom. The van der Waals surface area contributed by atoms with Gasteiger partial charge in [-0.3, -0.25) is 4.79 Å². The highest BCUT2D eigenvalue weighted by Gasteiger charge is 2.19. The van der Waals surface area contributed by atoms with Gasteiger partial charge in [-0.2, -0.15) is 5.26 Å². The van der Waals surface area contributed by atoms with Crippen LogP contribution in [0.2, 0.25) is 5.02 Å². The van der Waals surface area contributed by atoms with Gasteiger partial charge in [0.2, 0.25) is 5.91 Å². The summed E-state index contributed by atoms with van der Waals surface area (Å²) in [4.78, 5) is 19.4. The van der Waals surface area contributed by atoms with Gasteiger partial charge < -0.3 is 14.2 Å². The molecule has 8 heteroatoms. The molecule has 1 heterocycles. The Balaban J connectivity index is 1.81. The third-order valence-electron chi connectivity index (χ3n) is 4.66. The summed E-state index contributed by atoms with van der Waals surface area (Å²) in [5.74, 6) is 0.131. The van der Waals surface area contributed by atoms with Gasteiger partial charge in [0.05, 0.1) is 35.9 Å². The highest BCUT2D eigenvalue weighted by Crippen LogP contribution is 2.27. The molecular weight excluding hydrogens is 420 g/mol. The number of benzene rings is 2. The molecule has 0 aliphatic carbocycles. The molecule has 156 valence electrons. The standard InChI is InChI=1S/C22H23ClN4O2S/c1-16-14-17(8-9-18(16)23)26(11-5-10-24)21(28)15-30-22-25-19-6-3-4-7-20(19)27(22)12-13-29-2/h3-4,6-9,14H,5,11-13,15H2,1-2H3. The van der Waals surface area contributed by atoms with E-state index >= 15 is 0 Å². The summed E-state index contributed by atoms with van der Waals surface area (Å²) in [7, 11) is 1.66. The summed E-state index contributed by atoms with van der Waals surface area (Å²) in [6, 6.07) is 15.5. The molecule has 30 heavy (non-hydrogen) atoms. The molecule has 6 nitrogen and oxygen atoms in total. The smallest absolute Gasteiger partial charge is 0.237 e. The number of carbonyl (C=O) groups excluding carboxylic acids is 1.